The zero-order valence-corrected chi connectivity index (χ0v) is 17.0. The van der Waals surface area contributed by atoms with Crippen LogP contribution >= 0.6 is 0 Å². The predicted octanol–water partition coefficient (Wildman–Crippen LogP) is 3.46. The van der Waals surface area contributed by atoms with Crippen LogP contribution in [0.1, 0.15) is 24.8 Å². The minimum Gasteiger partial charge on any atom is -0.497 e. The number of halogens is 1. The third-order valence-corrected chi connectivity index (χ3v) is 5.84. The van der Waals surface area contributed by atoms with E-state index in [1.807, 2.05) is 18.2 Å². The maximum absolute atomic E-state index is 13.7. The maximum atomic E-state index is 13.7. The Hall–Kier alpha value is -3.49. The Kier molecular flexibility index (Phi) is 5.58. The van der Waals surface area contributed by atoms with Crippen LogP contribution in [-0.4, -0.2) is 36.9 Å². The zero-order chi connectivity index (χ0) is 22.1. The van der Waals surface area contributed by atoms with Gasteiger partial charge in [0.05, 0.1) is 29.3 Å². The highest BCUT2D eigenvalue weighted by molar-refractivity contribution is 6.05. The highest BCUT2D eigenvalue weighted by atomic mass is 19.1. The molecule has 162 valence electrons. The van der Waals surface area contributed by atoms with Crippen molar-refractivity contribution in [3.63, 3.8) is 0 Å². The normalized spacial score (nSPS) is 18.5. The molecule has 1 fully saturated rings. The fourth-order valence-electron chi connectivity index (χ4n) is 4.22. The number of ether oxygens (including phenoxy) is 1. The largest absolute Gasteiger partial charge is 0.497 e. The lowest BCUT2D eigenvalue weighted by atomic mass is 10.0. The summed E-state index contributed by atoms with van der Waals surface area (Å²) in [5.41, 5.74) is 1.37. The molecule has 1 unspecified atom stereocenters. The summed E-state index contributed by atoms with van der Waals surface area (Å²) in [7, 11) is 1.57. The van der Waals surface area contributed by atoms with E-state index in [1.54, 1.807) is 12.0 Å². The Morgan fingerprint density at radius 3 is 2.77 bits per heavy atom. The summed E-state index contributed by atoms with van der Waals surface area (Å²) in [5, 5.41) is 11.0. The SMILES string of the molecule is COc1ccc2c(c1)N(C(=O)C1CC(=O)N(c3ccc(F)c([N+](=O)[O-])c3)C1)CCCC2. The summed E-state index contributed by atoms with van der Waals surface area (Å²) in [4.78, 5) is 39.3. The number of nitro benzene ring substituents is 1. The maximum Gasteiger partial charge on any atom is 0.306 e. The lowest BCUT2D eigenvalue weighted by Gasteiger charge is -2.26. The molecule has 2 amide bonds. The molecule has 4 rings (SSSR count). The number of fused-ring (bicyclic) bond motifs is 1. The lowest BCUT2D eigenvalue weighted by molar-refractivity contribution is -0.387. The van der Waals surface area contributed by atoms with Crippen molar-refractivity contribution in [1.29, 1.82) is 0 Å². The minimum absolute atomic E-state index is 0.000189. The van der Waals surface area contributed by atoms with Gasteiger partial charge in [0, 0.05) is 31.6 Å². The first-order valence-corrected chi connectivity index (χ1v) is 10.1. The van der Waals surface area contributed by atoms with Crippen LogP contribution in [-0.2, 0) is 16.0 Å². The number of aryl methyl sites for hydroxylation is 1. The first-order chi connectivity index (χ1) is 14.9. The number of amides is 2. The average molecular weight is 427 g/mol. The first kappa shape index (κ1) is 20.8. The molecule has 1 saturated heterocycles. The molecule has 2 aliphatic heterocycles. The van der Waals surface area contributed by atoms with Crippen LogP contribution in [0.5, 0.6) is 5.75 Å². The third-order valence-electron chi connectivity index (χ3n) is 5.84. The topological polar surface area (TPSA) is 93.0 Å². The van der Waals surface area contributed by atoms with Crippen molar-refractivity contribution in [3.05, 3.63) is 57.9 Å². The molecule has 0 aromatic heterocycles. The van der Waals surface area contributed by atoms with Crippen molar-refractivity contribution >= 4 is 28.9 Å². The van der Waals surface area contributed by atoms with E-state index in [9.17, 15) is 24.1 Å². The van der Waals surface area contributed by atoms with E-state index in [-0.39, 0.29) is 30.5 Å². The van der Waals surface area contributed by atoms with Gasteiger partial charge in [-0.2, -0.15) is 4.39 Å². The molecule has 0 bridgehead atoms. The molecule has 0 saturated carbocycles. The molecule has 1 atom stereocenters. The molecule has 8 nitrogen and oxygen atoms in total. The Morgan fingerprint density at radius 2 is 2.03 bits per heavy atom. The van der Waals surface area contributed by atoms with Crippen LogP contribution in [0.2, 0.25) is 0 Å². The van der Waals surface area contributed by atoms with Crippen molar-refractivity contribution in [2.45, 2.75) is 25.7 Å². The molecule has 2 aromatic rings. The molecular weight excluding hydrogens is 405 g/mol. The number of rotatable bonds is 4. The van der Waals surface area contributed by atoms with Crippen LogP contribution in [0.25, 0.3) is 0 Å². The van der Waals surface area contributed by atoms with E-state index in [4.69, 9.17) is 4.74 Å². The van der Waals surface area contributed by atoms with E-state index in [0.717, 1.165) is 42.6 Å². The van der Waals surface area contributed by atoms with Gasteiger partial charge in [-0.25, -0.2) is 0 Å². The average Bonchev–Trinajstić information content (AvgIpc) is 3.02. The number of anilines is 2. The number of methoxy groups -OCH3 is 1. The standard InChI is InChI=1S/C22H22FN3O5/c1-31-17-7-5-14-4-2-3-9-24(19(14)12-17)22(28)15-10-21(27)25(13-15)16-6-8-18(23)20(11-16)26(29)30/h5-8,11-12,15H,2-4,9-10,13H2,1H3. The minimum atomic E-state index is -0.969. The van der Waals surface area contributed by atoms with Crippen LogP contribution in [0.15, 0.2) is 36.4 Å². The quantitative estimate of drug-likeness (QED) is 0.550. The number of hydrogen-bond donors (Lipinski definition) is 0. The number of nitro groups is 1. The number of nitrogens with zero attached hydrogens (tertiary/aromatic N) is 3. The van der Waals surface area contributed by atoms with Gasteiger partial charge >= 0.3 is 5.69 Å². The van der Waals surface area contributed by atoms with Crippen molar-refractivity contribution < 1.29 is 23.6 Å². The van der Waals surface area contributed by atoms with Gasteiger partial charge < -0.3 is 14.5 Å². The molecule has 2 aliphatic rings. The van der Waals surface area contributed by atoms with Crippen LogP contribution < -0.4 is 14.5 Å². The van der Waals surface area contributed by atoms with Gasteiger partial charge in [0.1, 0.15) is 5.75 Å². The van der Waals surface area contributed by atoms with Crippen LogP contribution in [0.3, 0.4) is 0 Å². The van der Waals surface area contributed by atoms with Crippen molar-refractivity contribution in [1.82, 2.24) is 0 Å². The second-order valence-corrected chi connectivity index (χ2v) is 7.74. The van der Waals surface area contributed by atoms with Crippen LogP contribution in [0.4, 0.5) is 21.5 Å². The Labute approximate surface area is 178 Å². The molecule has 31 heavy (non-hydrogen) atoms. The summed E-state index contributed by atoms with van der Waals surface area (Å²) in [6.45, 7) is 0.641. The summed E-state index contributed by atoms with van der Waals surface area (Å²) in [5.74, 6) is -1.39. The highest BCUT2D eigenvalue weighted by Crippen LogP contribution is 2.34. The summed E-state index contributed by atoms with van der Waals surface area (Å²) in [6, 6.07) is 8.99. The molecular formula is C22H22FN3O5. The summed E-state index contributed by atoms with van der Waals surface area (Å²) >= 11 is 0. The van der Waals surface area contributed by atoms with Crippen molar-refractivity contribution in [3.8, 4) is 5.75 Å². The second kappa shape index (κ2) is 8.33. The number of carbonyl (C=O) groups is 2. The van der Waals surface area contributed by atoms with E-state index in [1.165, 1.54) is 11.0 Å². The van der Waals surface area contributed by atoms with Gasteiger partial charge in [0.15, 0.2) is 0 Å². The molecule has 2 heterocycles. The van der Waals surface area contributed by atoms with Crippen molar-refractivity contribution in [2.24, 2.45) is 5.92 Å². The smallest absolute Gasteiger partial charge is 0.306 e. The summed E-state index contributed by atoms with van der Waals surface area (Å²) in [6.07, 6.45) is 2.66. The zero-order valence-electron chi connectivity index (χ0n) is 17.0. The lowest BCUT2D eigenvalue weighted by Crippen LogP contribution is -2.38. The summed E-state index contributed by atoms with van der Waals surface area (Å²) < 4.78 is 19.0. The van der Waals surface area contributed by atoms with E-state index >= 15 is 0 Å². The molecule has 0 N–H and O–H groups in total. The molecule has 0 spiro atoms. The predicted molar refractivity (Wildman–Crippen MR) is 112 cm³/mol. The van der Waals surface area contributed by atoms with Gasteiger partial charge in [-0.15, -0.1) is 0 Å². The monoisotopic (exact) mass is 427 g/mol. The Balaban J connectivity index is 1.59. The van der Waals surface area contributed by atoms with Crippen LogP contribution in [0, 0.1) is 21.8 Å². The molecule has 0 radical (unpaired) electrons. The van der Waals surface area contributed by atoms with Gasteiger partial charge in [-0.1, -0.05) is 6.07 Å². The molecule has 2 aromatic carbocycles. The van der Waals surface area contributed by atoms with E-state index in [2.05, 4.69) is 0 Å². The number of hydrogen-bond acceptors (Lipinski definition) is 5. The fourth-order valence-corrected chi connectivity index (χ4v) is 4.22. The van der Waals surface area contributed by atoms with Gasteiger partial charge in [0.25, 0.3) is 0 Å². The number of carbonyl (C=O) groups excluding carboxylic acids is 2. The van der Waals surface area contributed by atoms with Gasteiger partial charge in [-0.05, 0) is 43.0 Å². The van der Waals surface area contributed by atoms with E-state index in [0.29, 0.717) is 12.3 Å². The Morgan fingerprint density at radius 1 is 1.23 bits per heavy atom. The first-order valence-electron chi connectivity index (χ1n) is 10.1. The molecule has 9 heteroatoms. The second-order valence-electron chi connectivity index (χ2n) is 7.74. The third kappa shape index (κ3) is 3.95. The van der Waals surface area contributed by atoms with E-state index < -0.39 is 22.3 Å². The molecule has 0 aliphatic carbocycles. The van der Waals surface area contributed by atoms with Gasteiger partial charge in [-0.3, -0.25) is 19.7 Å². The highest BCUT2D eigenvalue weighted by Gasteiger charge is 2.39. The number of benzene rings is 2. The Bertz CT molecular complexity index is 1060. The fraction of sp³-hybridized carbons (Fsp3) is 0.364. The van der Waals surface area contributed by atoms with Gasteiger partial charge in [0.2, 0.25) is 17.6 Å². The van der Waals surface area contributed by atoms with Crippen molar-refractivity contribution in [2.75, 3.05) is 30.0 Å².